The molecule has 0 spiro atoms. The minimum Gasteiger partial charge on any atom is -0.478 e. The van der Waals surface area contributed by atoms with E-state index in [1.165, 1.54) is 12.1 Å². The highest BCUT2D eigenvalue weighted by molar-refractivity contribution is 6.00. The van der Waals surface area contributed by atoms with E-state index in [2.05, 4.69) is 15.5 Å². The molecule has 2 aromatic carbocycles. The van der Waals surface area contributed by atoms with Gasteiger partial charge >= 0.3 is 12.1 Å². The summed E-state index contributed by atoms with van der Waals surface area (Å²) in [5.74, 6) is -0.827. The molecule has 23 heavy (non-hydrogen) atoms. The van der Waals surface area contributed by atoms with Gasteiger partial charge in [0.1, 0.15) is 6.61 Å². The Morgan fingerprint density at radius 2 is 1.96 bits per heavy atom. The number of amides is 1. The summed E-state index contributed by atoms with van der Waals surface area (Å²) in [7, 11) is 0. The lowest BCUT2D eigenvalue weighted by Crippen LogP contribution is -2.14. The fourth-order valence-corrected chi connectivity index (χ4v) is 2.10. The molecule has 7 nitrogen and oxygen atoms in total. The van der Waals surface area contributed by atoms with Crippen molar-refractivity contribution >= 4 is 28.8 Å². The van der Waals surface area contributed by atoms with Gasteiger partial charge in [-0.25, -0.2) is 9.59 Å². The molecule has 0 aliphatic heterocycles. The van der Waals surface area contributed by atoms with E-state index in [4.69, 9.17) is 9.84 Å². The molecule has 1 heterocycles. The van der Waals surface area contributed by atoms with E-state index < -0.39 is 12.1 Å². The Bertz CT molecular complexity index is 858. The third kappa shape index (κ3) is 3.29. The van der Waals surface area contributed by atoms with Crippen molar-refractivity contribution in [2.45, 2.75) is 6.61 Å². The molecule has 1 aromatic heterocycles. The molecule has 0 saturated heterocycles. The van der Waals surface area contributed by atoms with Gasteiger partial charge in [0.15, 0.2) is 5.82 Å². The average molecular weight is 311 g/mol. The van der Waals surface area contributed by atoms with Crippen LogP contribution in [0.2, 0.25) is 0 Å². The van der Waals surface area contributed by atoms with Crippen LogP contribution in [0.25, 0.3) is 10.9 Å². The Morgan fingerprint density at radius 3 is 2.70 bits per heavy atom. The molecule has 3 aromatic rings. The van der Waals surface area contributed by atoms with E-state index >= 15 is 0 Å². The van der Waals surface area contributed by atoms with Crippen LogP contribution >= 0.6 is 0 Å². The molecule has 116 valence electrons. The lowest BCUT2D eigenvalue weighted by molar-refractivity contribution is 0.0697. The lowest BCUT2D eigenvalue weighted by Gasteiger charge is -2.05. The first kappa shape index (κ1) is 14.6. The third-order valence-electron chi connectivity index (χ3n) is 3.24. The van der Waals surface area contributed by atoms with Gasteiger partial charge in [-0.1, -0.05) is 30.3 Å². The number of aromatic nitrogens is 2. The van der Waals surface area contributed by atoms with Gasteiger partial charge in [-0.2, -0.15) is 5.10 Å². The van der Waals surface area contributed by atoms with E-state index in [-0.39, 0.29) is 18.0 Å². The van der Waals surface area contributed by atoms with Crippen LogP contribution in [-0.4, -0.2) is 27.4 Å². The van der Waals surface area contributed by atoms with Crippen molar-refractivity contribution in [3.05, 3.63) is 59.7 Å². The molecule has 0 aliphatic rings. The van der Waals surface area contributed by atoms with Crippen LogP contribution in [0, 0.1) is 0 Å². The van der Waals surface area contributed by atoms with Crippen LogP contribution in [-0.2, 0) is 11.3 Å². The number of nitrogens with zero attached hydrogens (tertiary/aromatic N) is 1. The maximum atomic E-state index is 11.8. The van der Waals surface area contributed by atoms with E-state index in [0.29, 0.717) is 10.9 Å². The summed E-state index contributed by atoms with van der Waals surface area (Å²) >= 11 is 0. The molecule has 1 amide bonds. The molecular weight excluding hydrogens is 298 g/mol. The molecule has 3 rings (SSSR count). The molecule has 0 aliphatic carbocycles. The first-order valence-electron chi connectivity index (χ1n) is 6.82. The van der Waals surface area contributed by atoms with Gasteiger partial charge in [0, 0.05) is 5.39 Å². The molecule has 3 N–H and O–H groups in total. The van der Waals surface area contributed by atoms with Gasteiger partial charge in [0.25, 0.3) is 0 Å². The van der Waals surface area contributed by atoms with Crippen molar-refractivity contribution in [3.8, 4) is 0 Å². The van der Waals surface area contributed by atoms with Crippen molar-refractivity contribution in [3.63, 3.8) is 0 Å². The Balaban J connectivity index is 1.72. The van der Waals surface area contributed by atoms with Crippen molar-refractivity contribution < 1.29 is 19.4 Å². The number of carbonyl (C=O) groups excluding carboxylic acids is 1. The van der Waals surface area contributed by atoms with E-state index in [9.17, 15) is 9.59 Å². The Kier molecular flexibility index (Phi) is 3.92. The summed E-state index contributed by atoms with van der Waals surface area (Å²) in [5, 5.41) is 18.7. The summed E-state index contributed by atoms with van der Waals surface area (Å²) in [4.78, 5) is 22.9. The van der Waals surface area contributed by atoms with Crippen LogP contribution < -0.4 is 5.32 Å². The number of H-pyrrole nitrogens is 1. The monoisotopic (exact) mass is 311 g/mol. The maximum absolute atomic E-state index is 11.8. The zero-order valence-corrected chi connectivity index (χ0v) is 11.9. The summed E-state index contributed by atoms with van der Waals surface area (Å²) in [6, 6.07) is 13.8. The molecular formula is C16H13N3O4. The minimum absolute atomic E-state index is 0.111. The molecule has 0 bridgehead atoms. The fraction of sp³-hybridized carbons (Fsp3) is 0.0625. The highest BCUT2D eigenvalue weighted by Gasteiger charge is 2.12. The summed E-state index contributed by atoms with van der Waals surface area (Å²) in [6.45, 7) is 0.134. The number of carbonyl (C=O) groups is 2. The van der Waals surface area contributed by atoms with E-state index in [0.717, 1.165) is 5.56 Å². The number of rotatable bonds is 4. The predicted octanol–water partition coefficient (Wildman–Crippen LogP) is 3.01. The third-order valence-corrected chi connectivity index (χ3v) is 3.24. The summed E-state index contributed by atoms with van der Waals surface area (Å²) < 4.78 is 5.11. The van der Waals surface area contributed by atoms with Crippen LogP contribution in [0.15, 0.2) is 48.5 Å². The number of aromatic carboxylic acids is 1. The molecule has 0 saturated carbocycles. The van der Waals surface area contributed by atoms with Gasteiger partial charge in [-0.15, -0.1) is 0 Å². The largest absolute Gasteiger partial charge is 0.478 e. The van der Waals surface area contributed by atoms with E-state index in [1.54, 1.807) is 6.07 Å². The van der Waals surface area contributed by atoms with Gasteiger partial charge in [-0.3, -0.25) is 10.4 Å². The number of aromatic amines is 1. The van der Waals surface area contributed by atoms with Crippen molar-refractivity contribution in [1.29, 1.82) is 0 Å². The quantitative estimate of drug-likeness (QED) is 0.687. The lowest BCUT2D eigenvalue weighted by atomic mass is 10.1. The number of anilines is 1. The Morgan fingerprint density at radius 1 is 1.17 bits per heavy atom. The molecule has 0 radical (unpaired) electrons. The molecule has 0 atom stereocenters. The van der Waals surface area contributed by atoms with Crippen LogP contribution in [0.1, 0.15) is 15.9 Å². The molecule has 0 unspecified atom stereocenters. The summed E-state index contributed by atoms with van der Waals surface area (Å²) in [6.07, 6.45) is -0.664. The minimum atomic E-state index is -1.05. The van der Waals surface area contributed by atoms with Crippen LogP contribution in [0.3, 0.4) is 0 Å². The standard InChI is InChI=1S/C16H13N3O4/c20-15(21)11-6-7-13-12(8-11)14(19-18-13)17-16(22)23-9-10-4-2-1-3-5-10/h1-8H,9H2,(H,20,21)(H2,17,18,19,22). The number of hydrogen-bond donors (Lipinski definition) is 3. The molecule has 7 heteroatoms. The smallest absolute Gasteiger partial charge is 0.413 e. The van der Waals surface area contributed by atoms with Gasteiger partial charge in [-0.05, 0) is 23.8 Å². The van der Waals surface area contributed by atoms with Gasteiger partial charge in [0.2, 0.25) is 0 Å². The maximum Gasteiger partial charge on any atom is 0.413 e. The average Bonchev–Trinajstić information content (AvgIpc) is 2.96. The zero-order chi connectivity index (χ0) is 16.2. The second kappa shape index (κ2) is 6.18. The predicted molar refractivity (Wildman–Crippen MR) is 83.3 cm³/mol. The first-order chi connectivity index (χ1) is 11.1. The topological polar surface area (TPSA) is 104 Å². The fourth-order valence-electron chi connectivity index (χ4n) is 2.10. The second-order valence-corrected chi connectivity index (χ2v) is 4.82. The van der Waals surface area contributed by atoms with Gasteiger partial charge in [0.05, 0.1) is 11.1 Å². The van der Waals surface area contributed by atoms with Crippen LogP contribution in [0.4, 0.5) is 10.6 Å². The van der Waals surface area contributed by atoms with Crippen molar-refractivity contribution in [2.24, 2.45) is 0 Å². The highest BCUT2D eigenvalue weighted by Crippen LogP contribution is 2.22. The first-order valence-corrected chi connectivity index (χ1v) is 6.82. The number of carboxylic acid groups (broad SMARTS) is 1. The normalized spacial score (nSPS) is 10.4. The number of nitrogens with one attached hydrogen (secondary N) is 2. The Labute approximate surface area is 130 Å². The zero-order valence-electron chi connectivity index (χ0n) is 11.9. The van der Waals surface area contributed by atoms with Gasteiger partial charge < -0.3 is 9.84 Å². The second-order valence-electron chi connectivity index (χ2n) is 4.82. The van der Waals surface area contributed by atoms with E-state index in [1.807, 2.05) is 30.3 Å². The van der Waals surface area contributed by atoms with Crippen molar-refractivity contribution in [1.82, 2.24) is 10.2 Å². The highest BCUT2D eigenvalue weighted by atomic mass is 16.5. The number of benzene rings is 2. The molecule has 0 fully saturated rings. The number of hydrogen-bond acceptors (Lipinski definition) is 4. The number of carboxylic acids is 1. The van der Waals surface area contributed by atoms with Crippen molar-refractivity contribution in [2.75, 3.05) is 5.32 Å². The van der Waals surface area contributed by atoms with Crippen LogP contribution in [0.5, 0.6) is 0 Å². The summed E-state index contributed by atoms with van der Waals surface area (Å²) in [5.41, 5.74) is 1.59. The SMILES string of the molecule is O=C(Nc1n[nH]c2ccc(C(=O)O)cc12)OCc1ccccc1. The Hall–Kier alpha value is -3.35. The number of ether oxygens (including phenoxy) is 1. The number of fused-ring (bicyclic) bond motifs is 1.